The molecule has 2 atom stereocenters. The van der Waals surface area contributed by atoms with Crippen molar-refractivity contribution < 1.29 is 4.79 Å². The molecule has 5 nitrogen and oxygen atoms in total. The number of carbonyl (C=O) groups excluding carboxylic acids is 1. The minimum absolute atomic E-state index is 0.178. The molecule has 118 valence electrons. The fourth-order valence-electron chi connectivity index (χ4n) is 3.57. The van der Waals surface area contributed by atoms with Crippen LogP contribution in [0.4, 0.5) is 5.95 Å². The second kappa shape index (κ2) is 5.05. The minimum Gasteiger partial charge on any atom is -0.328 e. The van der Waals surface area contributed by atoms with Crippen LogP contribution in [-0.2, 0) is 4.79 Å². The Hall–Kier alpha value is -2.43. The van der Waals surface area contributed by atoms with Crippen molar-refractivity contribution in [1.82, 2.24) is 14.8 Å². The molecule has 23 heavy (non-hydrogen) atoms. The Morgan fingerprint density at radius 2 is 1.91 bits per heavy atom. The lowest BCUT2D eigenvalue weighted by Gasteiger charge is -2.34. The van der Waals surface area contributed by atoms with Crippen LogP contribution in [0.15, 0.2) is 35.5 Å². The van der Waals surface area contributed by atoms with Crippen molar-refractivity contribution in [2.75, 3.05) is 5.32 Å². The lowest BCUT2D eigenvalue weighted by molar-refractivity contribution is -0.117. The summed E-state index contributed by atoms with van der Waals surface area (Å²) in [6, 6.07) is 8.15. The molecule has 2 aromatic rings. The van der Waals surface area contributed by atoms with Crippen molar-refractivity contribution >= 4 is 11.7 Å². The van der Waals surface area contributed by atoms with Crippen LogP contribution in [0.2, 0.25) is 0 Å². The van der Waals surface area contributed by atoms with Gasteiger partial charge in [0, 0.05) is 17.7 Å². The predicted molar refractivity (Wildman–Crippen MR) is 88.1 cm³/mol. The van der Waals surface area contributed by atoms with Gasteiger partial charge in [0.2, 0.25) is 5.95 Å². The average Bonchev–Trinajstić information content (AvgIpc) is 2.85. The molecule has 1 aromatic heterocycles. The highest BCUT2D eigenvalue weighted by Crippen LogP contribution is 2.41. The van der Waals surface area contributed by atoms with Crippen LogP contribution in [0.3, 0.4) is 0 Å². The number of aromatic nitrogens is 3. The van der Waals surface area contributed by atoms with Crippen LogP contribution in [0.25, 0.3) is 0 Å². The fourth-order valence-corrected chi connectivity index (χ4v) is 3.57. The Balaban J connectivity index is 1.91. The Morgan fingerprint density at radius 3 is 2.65 bits per heavy atom. The summed E-state index contributed by atoms with van der Waals surface area (Å²) < 4.78 is 1.85. The third-order valence-corrected chi connectivity index (χ3v) is 4.62. The van der Waals surface area contributed by atoms with E-state index in [1.54, 1.807) is 0 Å². The van der Waals surface area contributed by atoms with Crippen LogP contribution in [-0.4, -0.2) is 20.5 Å². The molecular formula is C18H20N4O. The molecule has 4 rings (SSSR count). The van der Waals surface area contributed by atoms with E-state index < -0.39 is 0 Å². The monoisotopic (exact) mass is 308 g/mol. The summed E-state index contributed by atoms with van der Waals surface area (Å²) in [6.07, 6.45) is 1.49. The van der Waals surface area contributed by atoms with Gasteiger partial charge in [-0.3, -0.25) is 4.79 Å². The third-order valence-electron chi connectivity index (χ3n) is 4.62. The van der Waals surface area contributed by atoms with Gasteiger partial charge in [-0.15, -0.1) is 0 Å². The van der Waals surface area contributed by atoms with E-state index in [2.05, 4.69) is 53.5 Å². The highest BCUT2D eigenvalue weighted by atomic mass is 16.1. The molecule has 0 unspecified atom stereocenters. The number of allylic oxidation sites excluding steroid dienone is 2. The first kappa shape index (κ1) is 14.2. The van der Waals surface area contributed by atoms with E-state index in [-0.39, 0.29) is 11.8 Å². The van der Waals surface area contributed by atoms with Crippen LogP contribution >= 0.6 is 0 Å². The first-order valence-corrected chi connectivity index (χ1v) is 8.06. The maximum absolute atomic E-state index is 12.7. The molecule has 0 spiro atoms. The summed E-state index contributed by atoms with van der Waals surface area (Å²) in [4.78, 5) is 17.2. The van der Waals surface area contributed by atoms with E-state index >= 15 is 0 Å². The number of benzene rings is 1. The lowest BCUT2D eigenvalue weighted by Crippen LogP contribution is -2.33. The number of hydrogen-bond acceptors (Lipinski definition) is 4. The van der Waals surface area contributed by atoms with Crippen molar-refractivity contribution in [3.05, 3.63) is 52.5 Å². The van der Waals surface area contributed by atoms with Crippen LogP contribution in [0.5, 0.6) is 0 Å². The van der Waals surface area contributed by atoms with Crippen LogP contribution in [0, 0.1) is 19.8 Å². The summed E-state index contributed by atoms with van der Waals surface area (Å²) in [7, 11) is 0. The number of carbonyl (C=O) groups is 1. The molecule has 1 aliphatic heterocycles. The Labute approximate surface area is 135 Å². The topological polar surface area (TPSA) is 59.8 Å². The van der Waals surface area contributed by atoms with Crippen molar-refractivity contribution in [2.45, 2.75) is 39.7 Å². The zero-order chi connectivity index (χ0) is 16.1. The molecule has 0 amide bonds. The number of rotatable bonds is 1. The Kier molecular flexibility index (Phi) is 3.11. The van der Waals surface area contributed by atoms with Gasteiger partial charge in [0.25, 0.3) is 0 Å². The molecule has 0 saturated carbocycles. The Morgan fingerprint density at radius 1 is 1.17 bits per heavy atom. The molecule has 2 heterocycles. The number of anilines is 1. The SMILES string of the molecule is Cc1ccc([C@@H]2C3=C(C[C@@H](C)CC3=O)Nc3nc(C)nn32)cc1. The number of fused-ring (bicyclic) bond motifs is 1. The molecule has 0 saturated heterocycles. The van der Waals surface area contributed by atoms with E-state index in [1.807, 2.05) is 11.6 Å². The summed E-state index contributed by atoms with van der Waals surface area (Å²) in [5.74, 6) is 2.03. The van der Waals surface area contributed by atoms with Gasteiger partial charge in [0.1, 0.15) is 11.9 Å². The third kappa shape index (κ3) is 2.27. The number of nitrogens with one attached hydrogen (secondary N) is 1. The van der Waals surface area contributed by atoms with Gasteiger partial charge in [-0.05, 0) is 31.7 Å². The highest BCUT2D eigenvalue weighted by molar-refractivity contribution is 5.99. The number of nitrogens with zero attached hydrogens (tertiary/aromatic N) is 3. The van der Waals surface area contributed by atoms with Crippen molar-refractivity contribution in [3.8, 4) is 0 Å². The summed E-state index contributed by atoms with van der Waals surface area (Å²) in [6.45, 7) is 6.06. The summed E-state index contributed by atoms with van der Waals surface area (Å²) in [5, 5.41) is 7.87. The van der Waals surface area contributed by atoms with Gasteiger partial charge in [-0.25, -0.2) is 4.68 Å². The maximum atomic E-state index is 12.7. The summed E-state index contributed by atoms with van der Waals surface area (Å²) >= 11 is 0. The number of ketones is 1. The van der Waals surface area contributed by atoms with Crippen LogP contribution < -0.4 is 5.32 Å². The molecule has 1 N–H and O–H groups in total. The maximum Gasteiger partial charge on any atom is 0.226 e. The molecule has 2 aliphatic rings. The normalized spacial score (nSPS) is 23.3. The average molecular weight is 308 g/mol. The first-order valence-electron chi connectivity index (χ1n) is 8.06. The molecule has 0 fully saturated rings. The molecular weight excluding hydrogens is 288 g/mol. The zero-order valence-corrected chi connectivity index (χ0v) is 13.6. The van der Waals surface area contributed by atoms with Crippen LogP contribution in [0.1, 0.15) is 42.8 Å². The first-order chi connectivity index (χ1) is 11.0. The fraction of sp³-hybridized carbons (Fsp3) is 0.389. The highest BCUT2D eigenvalue weighted by Gasteiger charge is 2.38. The zero-order valence-electron chi connectivity index (χ0n) is 13.6. The predicted octanol–water partition coefficient (Wildman–Crippen LogP) is 3.16. The van der Waals surface area contributed by atoms with Crippen molar-refractivity contribution in [3.63, 3.8) is 0 Å². The Bertz CT molecular complexity index is 816. The van der Waals surface area contributed by atoms with Gasteiger partial charge < -0.3 is 5.32 Å². The van der Waals surface area contributed by atoms with E-state index in [0.29, 0.717) is 18.2 Å². The second-order valence-electron chi connectivity index (χ2n) is 6.69. The largest absolute Gasteiger partial charge is 0.328 e. The standard InChI is InChI=1S/C18H20N4O/c1-10-4-6-13(7-5-10)17-16-14(8-11(2)9-15(16)23)20-18-19-12(3)21-22(17)18/h4-7,11,17H,8-9H2,1-3H3,(H,19,20,21)/t11-,17-/m1/s1. The molecule has 5 heteroatoms. The van der Waals surface area contributed by atoms with Gasteiger partial charge >= 0.3 is 0 Å². The number of hydrogen-bond donors (Lipinski definition) is 1. The molecule has 1 aromatic carbocycles. The number of Topliss-reactive ketones (excluding diaryl/α,β-unsaturated/α-hetero) is 1. The quantitative estimate of drug-likeness (QED) is 0.879. The summed E-state index contributed by atoms with van der Waals surface area (Å²) in [5.41, 5.74) is 4.15. The van der Waals surface area contributed by atoms with E-state index in [9.17, 15) is 4.79 Å². The van der Waals surface area contributed by atoms with Gasteiger partial charge in [-0.2, -0.15) is 10.1 Å². The van der Waals surface area contributed by atoms with Crippen molar-refractivity contribution in [1.29, 1.82) is 0 Å². The van der Waals surface area contributed by atoms with Crippen molar-refractivity contribution in [2.24, 2.45) is 5.92 Å². The smallest absolute Gasteiger partial charge is 0.226 e. The number of aryl methyl sites for hydroxylation is 2. The molecule has 0 bridgehead atoms. The van der Waals surface area contributed by atoms with Gasteiger partial charge in [0.05, 0.1) is 0 Å². The van der Waals surface area contributed by atoms with Gasteiger partial charge in [-0.1, -0.05) is 36.8 Å². The molecule has 0 radical (unpaired) electrons. The van der Waals surface area contributed by atoms with Gasteiger partial charge in [0.15, 0.2) is 5.78 Å². The van der Waals surface area contributed by atoms with E-state index in [1.165, 1.54) is 5.56 Å². The second-order valence-corrected chi connectivity index (χ2v) is 6.69. The van der Waals surface area contributed by atoms with E-state index in [0.717, 1.165) is 29.2 Å². The lowest BCUT2D eigenvalue weighted by atomic mass is 9.81. The van der Waals surface area contributed by atoms with E-state index in [4.69, 9.17) is 0 Å². The minimum atomic E-state index is -0.178. The molecule has 1 aliphatic carbocycles.